The number of carbonyl (C=O) groups is 1. The average molecular weight is 351 g/mol. The maximum Gasteiger partial charge on any atom is 0.274 e. The standard InChI is InChI=1S/C20H18FN3O2/c1-2-26-19-10-6-5-9-17(19)24-20(25)18-12-11-14(13-22-18)23-16-8-4-3-7-15(16)21/h3-13,23H,2H2,1H3,(H,24,25). The Balaban J connectivity index is 1.70. The second-order valence-corrected chi connectivity index (χ2v) is 5.42. The molecule has 0 saturated heterocycles. The molecular weight excluding hydrogens is 333 g/mol. The minimum absolute atomic E-state index is 0.246. The van der Waals surface area contributed by atoms with Crippen LogP contribution in [0.25, 0.3) is 0 Å². The zero-order chi connectivity index (χ0) is 18.4. The van der Waals surface area contributed by atoms with Gasteiger partial charge in [0.2, 0.25) is 0 Å². The zero-order valence-corrected chi connectivity index (χ0v) is 14.2. The predicted octanol–water partition coefficient (Wildman–Crippen LogP) is 4.62. The molecule has 1 heterocycles. The van der Waals surface area contributed by atoms with Gasteiger partial charge in [-0.15, -0.1) is 0 Å². The van der Waals surface area contributed by atoms with E-state index in [4.69, 9.17) is 4.74 Å². The fourth-order valence-corrected chi connectivity index (χ4v) is 2.36. The Morgan fingerprint density at radius 1 is 1.04 bits per heavy atom. The lowest BCUT2D eigenvalue weighted by molar-refractivity contribution is 0.102. The third-order valence-corrected chi connectivity index (χ3v) is 3.58. The molecule has 0 spiro atoms. The molecule has 0 aliphatic heterocycles. The lowest BCUT2D eigenvalue weighted by Crippen LogP contribution is -2.14. The van der Waals surface area contributed by atoms with Gasteiger partial charge in [0.15, 0.2) is 0 Å². The summed E-state index contributed by atoms with van der Waals surface area (Å²) in [6.07, 6.45) is 1.48. The molecule has 0 bridgehead atoms. The van der Waals surface area contributed by atoms with Crippen molar-refractivity contribution in [2.45, 2.75) is 6.92 Å². The second kappa shape index (κ2) is 8.11. The number of hydrogen-bond acceptors (Lipinski definition) is 4. The van der Waals surface area contributed by atoms with Gasteiger partial charge in [0.25, 0.3) is 5.91 Å². The van der Waals surface area contributed by atoms with Crippen LogP contribution in [-0.4, -0.2) is 17.5 Å². The first-order chi connectivity index (χ1) is 12.7. The number of hydrogen-bond donors (Lipinski definition) is 2. The van der Waals surface area contributed by atoms with Crippen LogP contribution in [0.15, 0.2) is 66.9 Å². The van der Waals surface area contributed by atoms with Crippen molar-refractivity contribution >= 4 is 23.0 Å². The molecule has 0 fully saturated rings. The fourth-order valence-electron chi connectivity index (χ4n) is 2.36. The molecule has 2 aromatic carbocycles. The van der Waals surface area contributed by atoms with Gasteiger partial charge in [-0.05, 0) is 43.3 Å². The zero-order valence-electron chi connectivity index (χ0n) is 14.2. The second-order valence-electron chi connectivity index (χ2n) is 5.42. The summed E-state index contributed by atoms with van der Waals surface area (Å²) in [5.41, 5.74) is 1.75. The van der Waals surface area contributed by atoms with Crippen LogP contribution in [0.3, 0.4) is 0 Å². The number of pyridine rings is 1. The van der Waals surface area contributed by atoms with E-state index in [1.807, 2.05) is 19.1 Å². The van der Waals surface area contributed by atoms with Crippen molar-refractivity contribution in [1.82, 2.24) is 4.98 Å². The minimum Gasteiger partial charge on any atom is -0.492 e. The van der Waals surface area contributed by atoms with E-state index in [-0.39, 0.29) is 17.4 Å². The third kappa shape index (κ3) is 4.16. The molecule has 0 unspecified atom stereocenters. The molecule has 0 aliphatic rings. The molecule has 3 aromatic rings. The van der Waals surface area contributed by atoms with Gasteiger partial charge >= 0.3 is 0 Å². The predicted molar refractivity (Wildman–Crippen MR) is 99.5 cm³/mol. The molecule has 0 saturated carbocycles. The first-order valence-electron chi connectivity index (χ1n) is 8.18. The maximum absolute atomic E-state index is 13.7. The van der Waals surface area contributed by atoms with E-state index in [1.165, 1.54) is 12.3 Å². The summed E-state index contributed by atoms with van der Waals surface area (Å²) in [5.74, 6) is -0.113. The summed E-state index contributed by atoms with van der Waals surface area (Å²) < 4.78 is 19.2. The number of nitrogens with one attached hydrogen (secondary N) is 2. The summed E-state index contributed by atoms with van der Waals surface area (Å²) in [4.78, 5) is 16.5. The molecule has 3 rings (SSSR count). The number of halogens is 1. The van der Waals surface area contributed by atoms with Crippen molar-refractivity contribution in [3.63, 3.8) is 0 Å². The molecular formula is C20H18FN3O2. The molecule has 2 N–H and O–H groups in total. The molecule has 1 amide bonds. The smallest absolute Gasteiger partial charge is 0.274 e. The Hall–Kier alpha value is -3.41. The largest absolute Gasteiger partial charge is 0.492 e. The van der Waals surface area contributed by atoms with E-state index in [9.17, 15) is 9.18 Å². The SMILES string of the molecule is CCOc1ccccc1NC(=O)c1ccc(Nc2ccccc2F)cn1. The van der Waals surface area contributed by atoms with Crippen molar-refractivity contribution in [2.24, 2.45) is 0 Å². The van der Waals surface area contributed by atoms with Crippen molar-refractivity contribution < 1.29 is 13.9 Å². The van der Waals surface area contributed by atoms with Crippen molar-refractivity contribution in [1.29, 1.82) is 0 Å². The summed E-state index contributed by atoms with van der Waals surface area (Å²) >= 11 is 0. The van der Waals surface area contributed by atoms with E-state index in [0.717, 1.165) is 0 Å². The highest BCUT2D eigenvalue weighted by molar-refractivity contribution is 6.03. The van der Waals surface area contributed by atoms with Gasteiger partial charge in [-0.25, -0.2) is 9.37 Å². The van der Waals surface area contributed by atoms with E-state index < -0.39 is 0 Å². The Morgan fingerprint density at radius 3 is 2.46 bits per heavy atom. The molecule has 6 heteroatoms. The number of ether oxygens (including phenoxy) is 1. The summed E-state index contributed by atoms with van der Waals surface area (Å²) in [6.45, 7) is 2.38. The molecule has 0 radical (unpaired) electrons. The molecule has 1 aromatic heterocycles. The number of nitrogens with zero attached hydrogens (tertiary/aromatic N) is 1. The van der Waals surface area contributed by atoms with Crippen LogP contribution in [0, 0.1) is 5.82 Å². The molecule has 0 aliphatic carbocycles. The third-order valence-electron chi connectivity index (χ3n) is 3.58. The van der Waals surface area contributed by atoms with Crippen molar-refractivity contribution in [3.8, 4) is 5.75 Å². The van der Waals surface area contributed by atoms with Crippen LogP contribution >= 0.6 is 0 Å². The van der Waals surface area contributed by atoms with Gasteiger partial charge in [-0.1, -0.05) is 24.3 Å². The van der Waals surface area contributed by atoms with Crippen LogP contribution in [0.2, 0.25) is 0 Å². The van der Waals surface area contributed by atoms with Crippen LogP contribution in [0.4, 0.5) is 21.5 Å². The normalized spacial score (nSPS) is 10.2. The van der Waals surface area contributed by atoms with Crippen LogP contribution < -0.4 is 15.4 Å². The highest BCUT2D eigenvalue weighted by atomic mass is 19.1. The van der Waals surface area contributed by atoms with Crippen molar-refractivity contribution in [2.75, 3.05) is 17.2 Å². The Labute approximate surface area is 150 Å². The highest BCUT2D eigenvalue weighted by Gasteiger charge is 2.11. The quantitative estimate of drug-likeness (QED) is 0.680. The fraction of sp³-hybridized carbons (Fsp3) is 0.100. The lowest BCUT2D eigenvalue weighted by atomic mass is 10.2. The number of amides is 1. The number of benzene rings is 2. The summed E-state index contributed by atoms with van der Waals surface area (Å²) in [7, 11) is 0. The number of rotatable bonds is 6. The summed E-state index contributed by atoms with van der Waals surface area (Å²) in [6, 6.07) is 16.8. The van der Waals surface area contributed by atoms with Gasteiger partial charge in [0.05, 0.1) is 29.9 Å². The average Bonchev–Trinajstić information content (AvgIpc) is 2.66. The maximum atomic E-state index is 13.7. The molecule has 0 atom stereocenters. The molecule has 26 heavy (non-hydrogen) atoms. The molecule has 132 valence electrons. The minimum atomic E-state index is -0.359. The number of anilines is 3. The van der Waals surface area contributed by atoms with E-state index in [1.54, 1.807) is 42.5 Å². The van der Waals surface area contributed by atoms with Gasteiger partial charge in [-0.2, -0.15) is 0 Å². The van der Waals surface area contributed by atoms with Gasteiger partial charge in [0.1, 0.15) is 17.3 Å². The van der Waals surface area contributed by atoms with Crippen molar-refractivity contribution in [3.05, 3.63) is 78.4 Å². The Morgan fingerprint density at radius 2 is 1.77 bits per heavy atom. The van der Waals surface area contributed by atoms with Crippen LogP contribution in [0.1, 0.15) is 17.4 Å². The van der Waals surface area contributed by atoms with Gasteiger partial charge in [-0.3, -0.25) is 4.79 Å². The van der Waals surface area contributed by atoms with Gasteiger partial charge < -0.3 is 15.4 Å². The Bertz CT molecular complexity index is 898. The molecule has 5 nitrogen and oxygen atoms in total. The van der Waals surface area contributed by atoms with Crippen LogP contribution in [0.5, 0.6) is 5.75 Å². The monoisotopic (exact) mass is 351 g/mol. The van der Waals surface area contributed by atoms with E-state index in [0.29, 0.717) is 29.4 Å². The topological polar surface area (TPSA) is 63.2 Å². The van der Waals surface area contributed by atoms with E-state index >= 15 is 0 Å². The van der Waals surface area contributed by atoms with E-state index in [2.05, 4.69) is 15.6 Å². The first-order valence-corrected chi connectivity index (χ1v) is 8.18. The number of para-hydroxylation sites is 3. The Kier molecular flexibility index (Phi) is 5.43. The van der Waals surface area contributed by atoms with Gasteiger partial charge in [0, 0.05) is 0 Å². The number of aromatic nitrogens is 1. The van der Waals surface area contributed by atoms with Crippen LogP contribution in [-0.2, 0) is 0 Å². The number of carbonyl (C=O) groups excluding carboxylic acids is 1. The lowest BCUT2D eigenvalue weighted by Gasteiger charge is -2.11. The first kappa shape index (κ1) is 17.4. The summed E-state index contributed by atoms with van der Waals surface area (Å²) in [5, 5.41) is 5.71. The highest BCUT2D eigenvalue weighted by Crippen LogP contribution is 2.24.